The molecule has 0 unspecified atom stereocenters. The van der Waals surface area contributed by atoms with E-state index in [0.29, 0.717) is 10.6 Å². The van der Waals surface area contributed by atoms with E-state index in [9.17, 15) is 13.2 Å². The highest BCUT2D eigenvalue weighted by Crippen LogP contribution is 2.20. The molecule has 1 atom stereocenters. The number of hydrogen-bond donors (Lipinski definition) is 2. The predicted molar refractivity (Wildman–Crippen MR) is 75.9 cm³/mol. The van der Waals surface area contributed by atoms with Crippen LogP contribution in [0.25, 0.3) is 0 Å². The lowest BCUT2D eigenvalue weighted by Gasteiger charge is -2.13. The molecule has 0 amide bonds. The molecule has 0 aliphatic heterocycles. The maximum atomic E-state index is 12.1. The largest absolute Gasteiger partial charge is 0.475 e. The zero-order chi connectivity index (χ0) is 15.6. The summed E-state index contributed by atoms with van der Waals surface area (Å²) in [5.74, 6) is -1.77. The topological polar surface area (TPSA) is 96.6 Å². The van der Waals surface area contributed by atoms with Gasteiger partial charge < -0.3 is 9.52 Å². The van der Waals surface area contributed by atoms with Gasteiger partial charge in [-0.15, -0.1) is 0 Å². The Morgan fingerprint density at radius 2 is 1.86 bits per heavy atom. The molecule has 0 saturated carbocycles. The van der Waals surface area contributed by atoms with Crippen molar-refractivity contribution in [2.45, 2.75) is 18.1 Å². The van der Waals surface area contributed by atoms with Gasteiger partial charge in [-0.2, -0.15) is 0 Å². The highest BCUT2D eigenvalue weighted by atomic mass is 35.5. The van der Waals surface area contributed by atoms with Crippen molar-refractivity contribution < 1.29 is 22.7 Å². The summed E-state index contributed by atoms with van der Waals surface area (Å²) in [5, 5.41) is 8.83. The van der Waals surface area contributed by atoms with Gasteiger partial charge in [0.2, 0.25) is 10.9 Å². The number of nitrogens with one attached hydrogen (secondary N) is 1. The number of carbonyl (C=O) groups is 1. The Morgan fingerprint density at radius 1 is 1.24 bits per heavy atom. The Labute approximate surface area is 126 Å². The zero-order valence-electron chi connectivity index (χ0n) is 10.9. The van der Waals surface area contributed by atoms with Gasteiger partial charge in [0.05, 0.1) is 0 Å². The number of rotatable bonds is 5. The number of hydrogen-bond acceptors (Lipinski definition) is 4. The second-order valence-corrected chi connectivity index (χ2v) is 6.40. The lowest BCUT2D eigenvalue weighted by atomic mass is 10.1. The summed E-state index contributed by atoms with van der Waals surface area (Å²) in [7, 11) is -3.94. The zero-order valence-corrected chi connectivity index (χ0v) is 12.5. The number of carboxylic acids is 1. The van der Waals surface area contributed by atoms with Crippen molar-refractivity contribution in [3.8, 4) is 0 Å². The summed E-state index contributed by atoms with van der Waals surface area (Å²) in [6.07, 6.45) is 0. The minimum Gasteiger partial charge on any atom is -0.475 e. The van der Waals surface area contributed by atoms with Crippen molar-refractivity contribution in [1.29, 1.82) is 0 Å². The van der Waals surface area contributed by atoms with Gasteiger partial charge in [-0.3, -0.25) is 0 Å². The minimum atomic E-state index is -3.94. The third-order valence-corrected chi connectivity index (χ3v) is 4.42. The fourth-order valence-corrected chi connectivity index (χ4v) is 2.98. The molecule has 0 fully saturated rings. The molecule has 1 heterocycles. The van der Waals surface area contributed by atoms with Crippen molar-refractivity contribution >= 4 is 27.6 Å². The second kappa shape index (κ2) is 5.88. The molecule has 2 aromatic rings. The van der Waals surface area contributed by atoms with E-state index < -0.39 is 32.9 Å². The van der Waals surface area contributed by atoms with Crippen LogP contribution in [0.2, 0.25) is 5.02 Å². The van der Waals surface area contributed by atoms with Crippen LogP contribution in [0.15, 0.2) is 45.9 Å². The number of furan rings is 1. The number of benzene rings is 1. The molecule has 8 heteroatoms. The van der Waals surface area contributed by atoms with Crippen LogP contribution in [0, 0.1) is 0 Å². The molecule has 0 saturated heterocycles. The van der Waals surface area contributed by atoms with Crippen LogP contribution in [0.3, 0.4) is 0 Å². The molecule has 1 aromatic heterocycles. The molecule has 2 N–H and O–H groups in total. The molecule has 1 aromatic carbocycles. The lowest BCUT2D eigenvalue weighted by Crippen LogP contribution is -2.26. The summed E-state index contributed by atoms with van der Waals surface area (Å²) in [6, 6.07) is 8.35. The van der Waals surface area contributed by atoms with E-state index >= 15 is 0 Å². The Hall–Kier alpha value is -1.83. The summed E-state index contributed by atoms with van der Waals surface area (Å²) < 4.78 is 31.4. The van der Waals surface area contributed by atoms with Crippen LogP contribution in [0.1, 0.15) is 29.1 Å². The number of aromatic carboxylic acids is 1. The van der Waals surface area contributed by atoms with Crippen molar-refractivity contribution in [1.82, 2.24) is 4.72 Å². The standard InChI is InChI=1S/C13H12ClNO5S/c1-8(9-2-4-10(14)5-3-9)15-21(18,19)12-7-6-11(20-12)13(16)17/h2-8,15H,1H3,(H,16,17)/t8-/m0/s1. The maximum absolute atomic E-state index is 12.1. The van der Waals surface area contributed by atoms with Gasteiger partial charge in [-0.1, -0.05) is 23.7 Å². The Kier molecular flexibility index (Phi) is 4.36. The molecule has 0 spiro atoms. The molecule has 6 nitrogen and oxygen atoms in total. The molecular weight excluding hydrogens is 318 g/mol. The van der Waals surface area contributed by atoms with Crippen LogP contribution >= 0.6 is 11.6 Å². The molecule has 21 heavy (non-hydrogen) atoms. The molecule has 112 valence electrons. The van der Waals surface area contributed by atoms with Gasteiger partial charge in [0, 0.05) is 11.1 Å². The molecule has 0 radical (unpaired) electrons. The predicted octanol–water partition coefficient (Wildman–Crippen LogP) is 2.67. The van der Waals surface area contributed by atoms with Crippen LogP contribution in [0.4, 0.5) is 0 Å². The van der Waals surface area contributed by atoms with Gasteiger partial charge in [0.25, 0.3) is 10.0 Å². The molecule has 0 aliphatic carbocycles. The molecular formula is C13H12ClNO5S. The monoisotopic (exact) mass is 329 g/mol. The van der Waals surface area contributed by atoms with Crippen LogP contribution in [-0.2, 0) is 10.0 Å². The first-order chi connectivity index (χ1) is 9.79. The van der Waals surface area contributed by atoms with Gasteiger partial charge in [-0.05, 0) is 36.8 Å². The normalized spacial score (nSPS) is 13.0. The SMILES string of the molecule is C[C@H](NS(=O)(=O)c1ccc(C(=O)O)o1)c1ccc(Cl)cc1. The maximum Gasteiger partial charge on any atom is 0.371 e. The molecule has 0 aliphatic rings. The molecule has 0 bridgehead atoms. The Morgan fingerprint density at radius 3 is 2.38 bits per heavy atom. The Bertz CT molecular complexity index is 751. The summed E-state index contributed by atoms with van der Waals surface area (Å²) in [4.78, 5) is 10.7. The van der Waals surface area contributed by atoms with Crippen LogP contribution in [0.5, 0.6) is 0 Å². The fourth-order valence-electron chi connectivity index (χ4n) is 1.69. The van der Waals surface area contributed by atoms with Gasteiger partial charge >= 0.3 is 5.97 Å². The number of carboxylic acid groups (broad SMARTS) is 1. The second-order valence-electron chi connectivity index (χ2n) is 4.32. The first-order valence-corrected chi connectivity index (χ1v) is 7.76. The molecule has 2 rings (SSSR count). The van der Waals surface area contributed by atoms with E-state index in [-0.39, 0.29) is 0 Å². The van der Waals surface area contributed by atoms with E-state index in [4.69, 9.17) is 21.1 Å². The first-order valence-electron chi connectivity index (χ1n) is 5.90. The highest BCUT2D eigenvalue weighted by Gasteiger charge is 2.23. The summed E-state index contributed by atoms with van der Waals surface area (Å²) in [6.45, 7) is 1.65. The van der Waals surface area contributed by atoms with Crippen molar-refractivity contribution in [2.75, 3.05) is 0 Å². The average molecular weight is 330 g/mol. The quantitative estimate of drug-likeness (QED) is 0.879. The fraction of sp³-hybridized carbons (Fsp3) is 0.154. The van der Waals surface area contributed by atoms with E-state index in [1.807, 2.05) is 0 Å². The third-order valence-electron chi connectivity index (χ3n) is 2.76. The van der Waals surface area contributed by atoms with E-state index in [1.165, 1.54) is 0 Å². The smallest absolute Gasteiger partial charge is 0.371 e. The van der Waals surface area contributed by atoms with Crippen molar-refractivity contribution in [3.05, 3.63) is 52.7 Å². The van der Waals surface area contributed by atoms with Gasteiger partial charge in [0.15, 0.2) is 0 Å². The van der Waals surface area contributed by atoms with E-state index in [2.05, 4.69) is 4.72 Å². The van der Waals surface area contributed by atoms with E-state index in [1.54, 1.807) is 31.2 Å². The average Bonchev–Trinajstić information content (AvgIpc) is 2.89. The first kappa shape index (κ1) is 15.6. The number of halogens is 1. The third kappa shape index (κ3) is 3.63. The number of sulfonamides is 1. The van der Waals surface area contributed by atoms with Crippen molar-refractivity contribution in [2.24, 2.45) is 0 Å². The van der Waals surface area contributed by atoms with E-state index in [0.717, 1.165) is 12.1 Å². The Balaban J connectivity index is 2.20. The van der Waals surface area contributed by atoms with Crippen LogP contribution in [-0.4, -0.2) is 19.5 Å². The van der Waals surface area contributed by atoms with Crippen LogP contribution < -0.4 is 4.72 Å². The van der Waals surface area contributed by atoms with Crippen molar-refractivity contribution in [3.63, 3.8) is 0 Å². The highest BCUT2D eigenvalue weighted by molar-refractivity contribution is 7.89. The minimum absolute atomic E-state index is 0.436. The summed E-state index contributed by atoms with van der Waals surface area (Å²) in [5.41, 5.74) is 0.716. The summed E-state index contributed by atoms with van der Waals surface area (Å²) >= 11 is 5.77. The van der Waals surface area contributed by atoms with Gasteiger partial charge in [-0.25, -0.2) is 17.9 Å². The van der Waals surface area contributed by atoms with Gasteiger partial charge in [0.1, 0.15) is 0 Å². The lowest BCUT2D eigenvalue weighted by molar-refractivity contribution is 0.0656.